The van der Waals surface area contributed by atoms with E-state index in [0.29, 0.717) is 0 Å². The van der Waals surface area contributed by atoms with Crippen LogP contribution in [0.4, 0.5) is 4.39 Å². The third-order valence-corrected chi connectivity index (χ3v) is 0.516. The maximum atomic E-state index is 10.5. The van der Waals surface area contributed by atoms with Gasteiger partial charge in [-0.1, -0.05) is 0 Å². The largest absolute Gasteiger partial charge is 0.479 e. The topological polar surface area (TPSA) is 63.6 Å². The van der Waals surface area contributed by atoms with Crippen molar-refractivity contribution in [3.05, 3.63) is 0 Å². The first-order chi connectivity index (χ1) is 5.40. The van der Waals surface area contributed by atoms with E-state index in [0.717, 1.165) is 0 Å². The van der Waals surface area contributed by atoms with E-state index >= 15 is 0 Å². The van der Waals surface area contributed by atoms with Gasteiger partial charge in [-0.3, -0.25) is 4.79 Å². The maximum absolute atomic E-state index is 10.5. The molecule has 0 aromatic carbocycles. The smallest absolute Gasteiger partial charge is 0.335 e. The Kier molecular flexibility index (Phi) is 8.94. The molecule has 5 heteroatoms. The number of ether oxygens (including phenoxy) is 1. The lowest BCUT2D eigenvalue weighted by Gasteiger charge is -2.01. The van der Waals surface area contributed by atoms with Crippen LogP contribution in [-0.4, -0.2) is 29.8 Å². The van der Waals surface area contributed by atoms with Crippen molar-refractivity contribution in [2.45, 2.75) is 26.9 Å². The zero-order valence-electron chi connectivity index (χ0n) is 7.33. The number of carbonyl (C=O) groups excluding carboxylic acids is 1. The molecule has 0 bridgehead atoms. The van der Waals surface area contributed by atoms with E-state index in [9.17, 15) is 9.18 Å². The van der Waals surface area contributed by atoms with Gasteiger partial charge in [0.1, 0.15) is 0 Å². The van der Waals surface area contributed by atoms with Crippen molar-refractivity contribution in [3.63, 3.8) is 0 Å². The summed E-state index contributed by atoms with van der Waals surface area (Å²) in [5.74, 6) is -1.62. The average molecular weight is 180 g/mol. The van der Waals surface area contributed by atoms with Gasteiger partial charge < -0.3 is 9.84 Å². The van der Waals surface area contributed by atoms with Crippen LogP contribution < -0.4 is 0 Å². The minimum atomic E-state index is -1.41. The number of rotatable bonds is 2. The van der Waals surface area contributed by atoms with Crippen molar-refractivity contribution >= 4 is 11.9 Å². The van der Waals surface area contributed by atoms with Crippen LogP contribution >= 0.6 is 0 Å². The van der Waals surface area contributed by atoms with Crippen molar-refractivity contribution in [3.8, 4) is 0 Å². The van der Waals surface area contributed by atoms with Crippen LogP contribution in [0.1, 0.15) is 20.8 Å². The van der Waals surface area contributed by atoms with Gasteiger partial charge in [0.2, 0.25) is 0 Å². The second-order valence-electron chi connectivity index (χ2n) is 2.19. The lowest BCUT2D eigenvalue weighted by Crippen LogP contribution is -2.06. The fraction of sp³-hybridized carbons (Fsp3) is 0.714. The van der Waals surface area contributed by atoms with E-state index < -0.39 is 12.6 Å². The Balaban J connectivity index is 0. The highest BCUT2D eigenvalue weighted by Gasteiger charge is 1.93. The van der Waals surface area contributed by atoms with E-state index in [1.54, 1.807) is 0 Å². The number of carbonyl (C=O) groups is 2. The Morgan fingerprint density at radius 1 is 1.50 bits per heavy atom. The molecule has 0 aromatic heterocycles. The number of carboxylic acids is 1. The van der Waals surface area contributed by atoms with Crippen molar-refractivity contribution in [2.75, 3.05) is 6.67 Å². The summed E-state index contributed by atoms with van der Waals surface area (Å²) in [6.07, 6.45) is 0.0255. The van der Waals surface area contributed by atoms with Crippen LogP contribution in [0.15, 0.2) is 0 Å². The van der Waals surface area contributed by atoms with Gasteiger partial charge in [-0.15, -0.1) is 0 Å². The number of halogens is 1. The molecule has 0 rings (SSSR count). The highest BCUT2D eigenvalue weighted by Crippen LogP contribution is 1.85. The third-order valence-electron chi connectivity index (χ3n) is 0.516. The van der Waals surface area contributed by atoms with Crippen LogP contribution in [0.3, 0.4) is 0 Å². The summed E-state index contributed by atoms with van der Waals surface area (Å²) < 4.78 is 15.1. The van der Waals surface area contributed by atoms with Gasteiger partial charge in [-0.25, -0.2) is 9.18 Å². The van der Waals surface area contributed by atoms with Gasteiger partial charge in [-0.2, -0.15) is 0 Å². The molecule has 0 aromatic rings. The highest BCUT2D eigenvalue weighted by atomic mass is 19.1. The average Bonchev–Trinajstić information content (AvgIpc) is 1.85. The molecule has 0 spiro atoms. The monoisotopic (exact) mass is 180 g/mol. The fourth-order valence-corrected chi connectivity index (χ4v) is 0.332. The summed E-state index contributed by atoms with van der Waals surface area (Å²) in [6.45, 7) is 3.77. The van der Waals surface area contributed by atoms with Crippen molar-refractivity contribution < 1.29 is 23.8 Å². The molecule has 12 heavy (non-hydrogen) atoms. The Hall–Kier alpha value is -1.13. The lowest BCUT2D eigenvalue weighted by molar-refractivity contribution is -0.144. The lowest BCUT2D eigenvalue weighted by atomic mass is 10.5. The highest BCUT2D eigenvalue weighted by molar-refractivity contribution is 5.67. The predicted molar refractivity (Wildman–Crippen MR) is 40.5 cm³/mol. The second kappa shape index (κ2) is 7.97. The number of aliphatic carboxylic acids is 1. The van der Waals surface area contributed by atoms with E-state index in [4.69, 9.17) is 9.90 Å². The number of carboxylic acid groups (broad SMARTS) is 1. The molecule has 0 aliphatic carbocycles. The molecular formula is C7H13FO4. The number of hydrogen-bond donors (Lipinski definition) is 1. The first kappa shape index (κ1) is 13.5. The molecule has 0 heterocycles. The number of alkyl halides is 1. The summed E-state index contributed by atoms with van der Waals surface area (Å²) in [5, 5.41) is 7.35. The number of esters is 1. The molecule has 0 atom stereocenters. The van der Waals surface area contributed by atoms with Crippen LogP contribution in [-0.2, 0) is 14.3 Å². The fourth-order valence-electron chi connectivity index (χ4n) is 0.332. The minimum absolute atomic E-state index is 0.0255. The van der Waals surface area contributed by atoms with Gasteiger partial charge >= 0.3 is 11.9 Å². The van der Waals surface area contributed by atoms with Crippen LogP contribution in [0.5, 0.6) is 0 Å². The summed E-state index contributed by atoms with van der Waals surface area (Å²) >= 11 is 0. The maximum Gasteiger partial charge on any atom is 0.335 e. The molecule has 0 aliphatic rings. The van der Waals surface area contributed by atoms with Crippen molar-refractivity contribution in [1.82, 2.24) is 0 Å². The van der Waals surface area contributed by atoms with Gasteiger partial charge in [-0.05, 0) is 13.8 Å². The zero-order valence-corrected chi connectivity index (χ0v) is 7.33. The Labute approximate surface area is 70.3 Å². The molecule has 1 N–H and O–H groups in total. The SMILES string of the molecule is CC(=O)OC(C)C.O=C(O)CF. The summed E-state index contributed by atoms with van der Waals surface area (Å²) in [4.78, 5) is 19.0. The summed E-state index contributed by atoms with van der Waals surface area (Å²) in [5.41, 5.74) is 0. The molecular weight excluding hydrogens is 167 g/mol. The summed E-state index contributed by atoms with van der Waals surface area (Å²) in [7, 11) is 0. The molecule has 0 saturated heterocycles. The first-order valence-corrected chi connectivity index (χ1v) is 3.35. The Morgan fingerprint density at radius 2 is 1.83 bits per heavy atom. The minimum Gasteiger partial charge on any atom is -0.479 e. The molecule has 4 nitrogen and oxygen atoms in total. The molecule has 0 unspecified atom stereocenters. The Morgan fingerprint density at radius 3 is 1.83 bits per heavy atom. The third kappa shape index (κ3) is 23.2. The predicted octanol–water partition coefficient (Wildman–Crippen LogP) is 0.998. The van der Waals surface area contributed by atoms with Gasteiger partial charge in [0, 0.05) is 6.92 Å². The molecule has 0 radical (unpaired) electrons. The number of hydrogen-bond acceptors (Lipinski definition) is 3. The summed E-state index contributed by atoms with van der Waals surface area (Å²) in [6, 6.07) is 0. The van der Waals surface area contributed by atoms with Gasteiger partial charge in [0.15, 0.2) is 6.67 Å². The molecule has 72 valence electrons. The normalized spacial score (nSPS) is 8.42. The zero-order chi connectivity index (χ0) is 10.1. The van der Waals surface area contributed by atoms with Crippen molar-refractivity contribution in [2.24, 2.45) is 0 Å². The second-order valence-corrected chi connectivity index (χ2v) is 2.19. The standard InChI is InChI=1S/C5H10O2.C2H3FO2/c1-4(2)7-5(3)6;3-1-2(4)5/h4H,1-3H3;1H2,(H,4,5). The Bertz CT molecular complexity index is 144. The molecule has 0 fully saturated rings. The molecule has 0 saturated carbocycles. The van der Waals surface area contributed by atoms with Crippen molar-refractivity contribution in [1.29, 1.82) is 0 Å². The quantitative estimate of drug-likeness (QED) is 0.644. The molecule has 0 amide bonds. The van der Waals surface area contributed by atoms with Gasteiger partial charge in [0.05, 0.1) is 6.10 Å². The van der Waals surface area contributed by atoms with Gasteiger partial charge in [0.25, 0.3) is 0 Å². The van der Waals surface area contributed by atoms with Crippen LogP contribution in [0.25, 0.3) is 0 Å². The van der Waals surface area contributed by atoms with E-state index in [2.05, 4.69) is 4.74 Å². The van der Waals surface area contributed by atoms with Crippen LogP contribution in [0, 0.1) is 0 Å². The van der Waals surface area contributed by atoms with E-state index in [1.807, 2.05) is 13.8 Å². The molecule has 0 aliphatic heterocycles. The van der Waals surface area contributed by atoms with E-state index in [1.165, 1.54) is 6.92 Å². The first-order valence-electron chi connectivity index (χ1n) is 3.35. The van der Waals surface area contributed by atoms with Crippen LogP contribution in [0.2, 0.25) is 0 Å². The van der Waals surface area contributed by atoms with E-state index in [-0.39, 0.29) is 12.1 Å².